The minimum atomic E-state index is -0.722. The lowest BCUT2D eigenvalue weighted by Crippen LogP contribution is -2.42. The van der Waals surface area contributed by atoms with Crippen LogP contribution in [0.3, 0.4) is 0 Å². The van der Waals surface area contributed by atoms with Gasteiger partial charge in [0.25, 0.3) is 5.56 Å². The molecule has 6 nitrogen and oxygen atoms in total. The molecule has 1 amide bonds. The highest BCUT2D eigenvalue weighted by molar-refractivity contribution is 6.31. The molecule has 0 aliphatic carbocycles. The Morgan fingerprint density at radius 3 is 2.45 bits per heavy atom. The zero-order valence-corrected chi connectivity index (χ0v) is 16.7. The van der Waals surface area contributed by atoms with Gasteiger partial charge in [-0.1, -0.05) is 23.2 Å². The SMILES string of the molecule is O=C(Cn1c(=O)n(-c2ccc(F)c(Cl)c2)c(=O)c2ccc(Cl)cc21)N1CCCC1. The van der Waals surface area contributed by atoms with Crippen molar-refractivity contribution in [3.63, 3.8) is 0 Å². The van der Waals surface area contributed by atoms with Crippen LogP contribution < -0.4 is 11.2 Å². The summed E-state index contributed by atoms with van der Waals surface area (Å²) in [6.45, 7) is 1.05. The Bertz CT molecular complexity index is 1250. The predicted molar refractivity (Wildman–Crippen MR) is 110 cm³/mol. The minimum absolute atomic E-state index is 0.116. The Balaban J connectivity index is 1.96. The molecule has 0 N–H and O–H groups in total. The molecule has 2 aromatic carbocycles. The maximum Gasteiger partial charge on any atom is 0.336 e. The summed E-state index contributed by atoms with van der Waals surface area (Å²) in [5, 5.41) is 0.328. The number of amides is 1. The number of carbonyl (C=O) groups is 1. The van der Waals surface area contributed by atoms with Crippen molar-refractivity contribution in [2.45, 2.75) is 19.4 Å². The van der Waals surface area contributed by atoms with Crippen LogP contribution in [-0.4, -0.2) is 33.0 Å². The largest absolute Gasteiger partial charge is 0.341 e. The number of benzene rings is 2. The van der Waals surface area contributed by atoms with E-state index in [4.69, 9.17) is 23.2 Å². The number of likely N-dealkylation sites (tertiary alicyclic amines) is 1. The standard InChI is InChI=1S/C20H16Cl2FN3O3/c21-12-3-5-14-17(9-12)25(11-18(27)24-7-1-2-8-24)20(29)26(19(14)28)13-4-6-16(23)15(22)10-13/h3-6,9-10H,1-2,7-8,11H2. The first-order valence-electron chi connectivity index (χ1n) is 9.05. The lowest BCUT2D eigenvalue weighted by atomic mass is 10.2. The average molecular weight is 436 g/mol. The molecular formula is C20H16Cl2FN3O3. The van der Waals surface area contributed by atoms with Crippen LogP contribution in [0.5, 0.6) is 0 Å². The molecular weight excluding hydrogens is 420 g/mol. The van der Waals surface area contributed by atoms with Crippen molar-refractivity contribution in [3.8, 4) is 5.69 Å². The van der Waals surface area contributed by atoms with Crippen LogP contribution in [0.25, 0.3) is 16.6 Å². The first-order chi connectivity index (χ1) is 13.9. The zero-order valence-electron chi connectivity index (χ0n) is 15.2. The summed E-state index contributed by atoms with van der Waals surface area (Å²) in [5.41, 5.74) is -0.940. The smallest absolute Gasteiger partial charge is 0.336 e. The van der Waals surface area contributed by atoms with Gasteiger partial charge in [-0.05, 0) is 49.2 Å². The van der Waals surface area contributed by atoms with Crippen molar-refractivity contribution >= 4 is 40.0 Å². The highest BCUT2D eigenvalue weighted by atomic mass is 35.5. The molecule has 0 radical (unpaired) electrons. The van der Waals surface area contributed by atoms with E-state index in [2.05, 4.69) is 0 Å². The summed E-state index contributed by atoms with van der Waals surface area (Å²) < 4.78 is 15.7. The molecule has 1 saturated heterocycles. The second-order valence-corrected chi connectivity index (χ2v) is 7.70. The second kappa shape index (κ2) is 7.65. The molecule has 1 aliphatic rings. The van der Waals surface area contributed by atoms with Crippen molar-refractivity contribution in [1.29, 1.82) is 0 Å². The normalized spacial score (nSPS) is 14.0. The third-order valence-corrected chi connectivity index (χ3v) is 5.54. The number of carbonyl (C=O) groups excluding carboxylic acids is 1. The maximum absolute atomic E-state index is 13.6. The Kier molecular flexibility index (Phi) is 5.19. The fourth-order valence-corrected chi connectivity index (χ4v) is 3.89. The molecule has 150 valence electrons. The molecule has 0 saturated carbocycles. The molecule has 4 rings (SSSR count). The fourth-order valence-electron chi connectivity index (χ4n) is 3.55. The molecule has 0 atom stereocenters. The Hall–Kier alpha value is -2.64. The summed E-state index contributed by atoms with van der Waals surface area (Å²) in [7, 11) is 0. The molecule has 3 aromatic rings. The van der Waals surface area contributed by atoms with E-state index in [9.17, 15) is 18.8 Å². The lowest BCUT2D eigenvalue weighted by Gasteiger charge is -2.18. The fraction of sp³-hybridized carbons (Fsp3) is 0.250. The van der Waals surface area contributed by atoms with Crippen LogP contribution in [0.2, 0.25) is 10.0 Å². The third kappa shape index (κ3) is 3.56. The van der Waals surface area contributed by atoms with Gasteiger partial charge in [-0.3, -0.25) is 14.2 Å². The summed E-state index contributed by atoms with van der Waals surface area (Å²) in [4.78, 5) is 40.7. The topological polar surface area (TPSA) is 64.3 Å². The van der Waals surface area contributed by atoms with E-state index >= 15 is 0 Å². The monoisotopic (exact) mass is 435 g/mol. The average Bonchev–Trinajstić information content (AvgIpc) is 3.22. The van der Waals surface area contributed by atoms with Gasteiger partial charge >= 0.3 is 5.69 Å². The Morgan fingerprint density at radius 2 is 1.76 bits per heavy atom. The van der Waals surface area contributed by atoms with Crippen LogP contribution in [-0.2, 0) is 11.3 Å². The highest BCUT2D eigenvalue weighted by Crippen LogP contribution is 2.20. The van der Waals surface area contributed by atoms with Gasteiger partial charge in [0.1, 0.15) is 12.4 Å². The van der Waals surface area contributed by atoms with Gasteiger partial charge in [-0.2, -0.15) is 0 Å². The van der Waals surface area contributed by atoms with E-state index in [0.29, 0.717) is 18.1 Å². The van der Waals surface area contributed by atoms with Gasteiger partial charge in [-0.15, -0.1) is 0 Å². The number of fused-ring (bicyclic) bond motifs is 1. The van der Waals surface area contributed by atoms with Gasteiger partial charge in [0.2, 0.25) is 5.91 Å². The van der Waals surface area contributed by atoms with Crippen LogP contribution in [0, 0.1) is 5.82 Å². The molecule has 29 heavy (non-hydrogen) atoms. The molecule has 9 heteroatoms. The van der Waals surface area contributed by atoms with E-state index < -0.39 is 17.1 Å². The summed E-state index contributed by atoms with van der Waals surface area (Å²) in [5.74, 6) is -0.881. The zero-order chi connectivity index (χ0) is 20.7. The first-order valence-corrected chi connectivity index (χ1v) is 9.81. The Morgan fingerprint density at radius 1 is 1.03 bits per heavy atom. The number of halogens is 3. The highest BCUT2D eigenvalue weighted by Gasteiger charge is 2.22. The van der Waals surface area contributed by atoms with E-state index in [1.807, 2.05) is 0 Å². The van der Waals surface area contributed by atoms with Gasteiger partial charge in [0.15, 0.2) is 0 Å². The van der Waals surface area contributed by atoms with Crippen LogP contribution in [0.4, 0.5) is 4.39 Å². The number of hydrogen-bond donors (Lipinski definition) is 0. The van der Waals surface area contributed by atoms with Gasteiger partial charge in [0.05, 0.1) is 21.6 Å². The molecule has 0 bridgehead atoms. The van der Waals surface area contributed by atoms with Crippen molar-refractivity contribution in [1.82, 2.24) is 14.0 Å². The lowest BCUT2D eigenvalue weighted by molar-refractivity contribution is -0.130. The van der Waals surface area contributed by atoms with Crippen molar-refractivity contribution in [3.05, 3.63) is 73.1 Å². The van der Waals surface area contributed by atoms with E-state index in [1.165, 1.54) is 34.9 Å². The van der Waals surface area contributed by atoms with Crippen LogP contribution in [0.15, 0.2) is 46.0 Å². The van der Waals surface area contributed by atoms with E-state index in [1.54, 1.807) is 4.90 Å². The Labute approximate surface area is 174 Å². The molecule has 0 spiro atoms. The number of aromatic nitrogens is 2. The van der Waals surface area contributed by atoms with Crippen molar-refractivity contribution in [2.24, 2.45) is 0 Å². The third-order valence-electron chi connectivity index (χ3n) is 5.02. The van der Waals surface area contributed by atoms with Crippen molar-refractivity contribution in [2.75, 3.05) is 13.1 Å². The number of nitrogens with zero attached hydrogens (tertiary/aromatic N) is 3. The quantitative estimate of drug-likeness (QED) is 0.634. The predicted octanol–water partition coefficient (Wildman–Crippen LogP) is 3.22. The molecule has 1 aliphatic heterocycles. The van der Waals surface area contributed by atoms with Gasteiger partial charge in [0, 0.05) is 18.1 Å². The maximum atomic E-state index is 13.6. The molecule has 1 fully saturated rings. The van der Waals surface area contributed by atoms with Crippen molar-refractivity contribution < 1.29 is 9.18 Å². The number of hydrogen-bond acceptors (Lipinski definition) is 3. The van der Waals surface area contributed by atoms with E-state index in [-0.39, 0.29) is 34.1 Å². The van der Waals surface area contributed by atoms with Crippen LogP contribution >= 0.6 is 23.2 Å². The van der Waals surface area contributed by atoms with Gasteiger partial charge < -0.3 is 4.90 Å². The second-order valence-electron chi connectivity index (χ2n) is 6.86. The van der Waals surface area contributed by atoms with Crippen LogP contribution in [0.1, 0.15) is 12.8 Å². The minimum Gasteiger partial charge on any atom is -0.341 e. The van der Waals surface area contributed by atoms with E-state index in [0.717, 1.165) is 23.5 Å². The molecule has 2 heterocycles. The summed E-state index contributed by atoms with van der Waals surface area (Å²) in [6, 6.07) is 8.09. The number of rotatable bonds is 3. The summed E-state index contributed by atoms with van der Waals surface area (Å²) in [6.07, 6.45) is 1.83. The first kappa shape index (κ1) is 19.7. The summed E-state index contributed by atoms with van der Waals surface area (Å²) >= 11 is 11.9. The molecule has 1 aromatic heterocycles. The van der Waals surface area contributed by atoms with Gasteiger partial charge in [-0.25, -0.2) is 13.8 Å². The molecule has 0 unspecified atom stereocenters.